The molecule has 8 heteroatoms. The fraction of sp³-hybridized carbons (Fsp3) is 0.375. The summed E-state index contributed by atoms with van der Waals surface area (Å²) < 4.78 is 5.50. The minimum absolute atomic E-state index is 0.0843. The molecule has 4 rings (SSSR count). The van der Waals surface area contributed by atoms with Gasteiger partial charge in [-0.2, -0.15) is 0 Å². The van der Waals surface area contributed by atoms with Gasteiger partial charge in [0.25, 0.3) is 0 Å². The van der Waals surface area contributed by atoms with E-state index in [-0.39, 0.29) is 18.4 Å². The van der Waals surface area contributed by atoms with E-state index < -0.39 is 36.2 Å². The number of rotatable bonds is 8. The van der Waals surface area contributed by atoms with Crippen molar-refractivity contribution in [1.82, 2.24) is 10.6 Å². The number of aliphatic hydroxyl groups is 1. The number of alkyl carbamates (subject to hydrolysis) is 1. The first kappa shape index (κ1) is 21.8. The summed E-state index contributed by atoms with van der Waals surface area (Å²) in [4.78, 5) is 36.4. The van der Waals surface area contributed by atoms with Crippen LogP contribution in [-0.2, 0) is 14.3 Å². The lowest BCUT2D eigenvalue weighted by Crippen LogP contribution is -2.55. The van der Waals surface area contributed by atoms with Crippen LogP contribution in [0.15, 0.2) is 48.5 Å². The highest BCUT2D eigenvalue weighted by Gasteiger charge is 2.40. The molecule has 0 bridgehead atoms. The minimum Gasteiger partial charge on any atom is -0.480 e. The maximum Gasteiger partial charge on any atom is 0.407 e. The molecular weight excluding hydrogens is 412 g/mol. The predicted molar refractivity (Wildman–Crippen MR) is 116 cm³/mol. The third-order valence-electron chi connectivity index (χ3n) is 6.04. The molecule has 2 aliphatic carbocycles. The monoisotopic (exact) mass is 438 g/mol. The molecule has 0 radical (unpaired) electrons. The molecule has 2 aliphatic rings. The van der Waals surface area contributed by atoms with Crippen LogP contribution in [0.3, 0.4) is 0 Å². The topological polar surface area (TPSA) is 125 Å². The van der Waals surface area contributed by atoms with E-state index in [1.807, 2.05) is 48.5 Å². The van der Waals surface area contributed by atoms with E-state index in [1.165, 1.54) is 6.92 Å². The Kier molecular flexibility index (Phi) is 6.14. The van der Waals surface area contributed by atoms with Crippen molar-refractivity contribution in [1.29, 1.82) is 0 Å². The van der Waals surface area contributed by atoms with Crippen LogP contribution >= 0.6 is 0 Å². The van der Waals surface area contributed by atoms with Gasteiger partial charge >= 0.3 is 12.1 Å². The van der Waals surface area contributed by atoms with Crippen LogP contribution in [0.5, 0.6) is 0 Å². The van der Waals surface area contributed by atoms with Crippen molar-refractivity contribution in [3.8, 4) is 11.1 Å². The Bertz CT molecular complexity index is 987. The molecule has 168 valence electrons. The number of fused-ring (bicyclic) bond motifs is 3. The van der Waals surface area contributed by atoms with Crippen LogP contribution < -0.4 is 10.6 Å². The van der Waals surface area contributed by atoms with Gasteiger partial charge in [-0.1, -0.05) is 48.5 Å². The van der Waals surface area contributed by atoms with Gasteiger partial charge in [0, 0.05) is 5.92 Å². The van der Waals surface area contributed by atoms with Crippen LogP contribution in [0.25, 0.3) is 11.1 Å². The van der Waals surface area contributed by atoms with Gasteiger partial charge in [0.2, 0.25) is 5.91 Å². The summed E-state index contributed by atoms with van der Waals surface area (Å²) in [6, 6.07) is 13.6. The zero-order chi connectivity index (χ0) is 22.8. The summed E-state index contributed by atoms with van der Waals surface area (Å²) >= 11 is 0. The summed E-state index contributed by atoms with van der Waals surface area (Å²) in [5.41, 5.74) is 4.40. The Balaban J connectivity index is 1.41. The first-order valence-electron chi connectivity index (χ1n) is 10.7. The zero-order valence-corrected chi connectivity index (χ0v) is 17.7. The fourth-order valence-corrected chi connectivity index (χ4v) is 4.23. The highest BCUT2D eigenvalue weighted by atomic mass is 16.5. The molecule has 2 aromatic rings. The summed E-state index contributed by atoms with van der Waals surface area (Å²) in [5.74, 6) is -2.18. The molecule has 0 heterocycles. The van der Waals surface area contributed by atoms with Crippen molar-refractivity contribution < 1.29 is 29.3 Å². The van der Waals surface area contributed by atoms with E-state index >= 15 is 0 Å². The van der Waals surface area contributed by atoms with Crippen molar-refractivity contribution in [2.24, 2.45) is 5.92 Å². The van der Waals surface area contributed by atoms with E-state index in [9.17, 15) is 24.6 Å². The Morgan fingerprint density at radius 2 is 1.56 bits per heavy atom. The molecule has 1 fully saturated rings. The third kappa shape index (κ3) is 4.45. The average Bonchev–Trinajstić information content (AvgIpc) is 3.56. The minimum atomic E-state index is -1.45. The Morgan fingerprint density at radius 1 is 1.00 bits per heavy atom. The number of aliphatic hydroxyl groups excluding tert-OH is 1. The van der Waals surface area contributed by atoms with E-state index in [0.717, 1.165) is 35.1 Å². The van der Waals surface area contributed by atoms with Gasteiger partial charge in [-0.05, 0) is 47.9 Å². The Morgan fingerprint density at radius 3 is 2.06 bits per heavy atom. The van der Waals surface area contributed by atoms with Crippen molar-refractivity contribution in [2.45, 2.75) is 43.9 Å². The number of benzene rings is 2. The Hall–Kier alpha value is -3.39. The van der Waals surface area contributed by atoms with Gasteiger partial charge in [0.15, 0.2) is 6.04 Å². The van der Waals surface area contributed by atoms with E-state index in [4.69, 9.17) is 4.74 Å². The van der Waals surface area contributed by atoms with Crippen molar-refractivity contribution in [3.63, 3.8) is 0 Å². The summed E-state index contributed by atoms with van der Waals surface area (Å²) in [5, 5.41) is 23.7. The van der Waals surface area contributed by atoms with Crippen LogP contribution in [0.1, 0.15) is 36.8 Å². The van der Waals surface area contributed by atoms with Gasteiger partial charge in [-0.25, -0.2) is 9.59 Å². The molecule has 0 aliphatic heterocycles. The number of nitrogens with one attached hydrogen (secondary N) is 2. The van der Waals surface area contributed by atoms with Gasteiger partial charge in [-0.15, -0.1) is 0 Å². The lowest BCUT2D eigenvalue weighted by atomic mass is 9.98. The van der Waals surface area contributed by atoms with Crippen molar-refractivity contribution in [3.05, 3.63) is 59.7 Å². The molecule has 0 aromatic heterocycles. The second-order valence-corrected chi connectivity index (χ2v) is 8.35. The number of hydrogen-bond donors (Lipinski definition) is 4. The molecule has 2 amide bonds. The van der Waals surface area contributed by atoms with Gasteiger partial charge < -0.3 is 25.6 Å². The molecule has 0 spiro atoms. The van der Waals surface area contributed by atoms with E-state index in [2.05, 4.69) is 10.6 Å². The second-order valence-electron chi connectivity index (χ2n) is 8.35. The number of hydrogen-bond acceptors (Lipinski definition) is 5. The molecular formula is C24H26N2O6. The van der Waals surface area contributed by atoms with Gasteiger partial charge in [-0.3, -0.25) is 4.79 Å². The number of aliphatic carboxylic acids is 1. The van der Waals surface area contributed by atoms with Crippen molar-refractivity contribution >= 4 is 18.0 Å². The first-order valence-corrected chi connectivity index (χ1v) is 10.7. The Labute approximate surface area is 185 Å². The molecule has 3 atom stereocenters. The smallest absolute Gasteiger partial charge is 0.407 e. The second kappa shape index (κ2) is 9.00. The van der Waals surface area contributed by atoms with Crippen LogP contribution in [0.4, 0.5) is 4.79 Å². The largest absolute Gasteiger partial charge is 0.480 e. The van der Waals surface area contributed by atoms with E-state index in [1.54, 1.807) is 0 Å². The first-order chi connectivity index (χ1) is 15.4. The number of amides is 2. The third-order valence-corrected chi connectivity index (χ3v) is 6.04. The summed E-state index contributed by atoms with van der Waals surface area (Å²) in [6.45, 7) is 1.40. The molecule has 2 aromatic carbocycles. The maximum absolute atomic E-state index is 12.6. The number of carbonyl (C=O) groups is 3. The molecule has 4 N–H and O–H groups in total. The molecule has 1 unspecified atom stereocenters. The fourth-order valence-electron chi connectivity index (χ4n) is 4.23. The van der Waals surface area contributed by atoms with Crippen LogP contribution in [0, 0.1) is 5.92 Å². The van der Waals surface area contributed by atoms with Gasteiger partial charge in [0.1, 0.15) is 12.6 Å². The highest BCUT2D eigenvalue weighted by molar-refractivity contribution is 5.90. The number of ether oxygens (including phenoxy) is 1. The predicted octanol–water partition coefficient (Wildman–Crippen LogP) is 2.25. The highest BCUT2D eigenvalue weighted by Crippen LogP contribution is 2.44. The van der Waals surface area contributed by atoms with Gasteiger partial charge in [0.05, 0.1) is 6.10 Å². The standard InChI is InChI=1S/C24H26N2O6/c1-13(27)20(23(29)30)25-22(28)21(14-10-11-14)26-24(31)32-12-19-17-8-4-2-6-15(17)16-7-3-5-9-18(16)19/h2-9,13-14,19-21,27H,10-12H2,1H3,(H,25,28)(H,26,31)(H,29,30)/t13-,20+,21?/m1/s1. The molecule has 0 saturated heterocycles. The van der Waals surface area contributed by atoms with Crippen molar-refractivity contribution in [2.75, 3.05) is 6.61 Å². The van der Waals surface area contributed by atoms with E-state index in [0.29, 0.717) is 0 Å². The van der Waals surface area contributed by atoms with Crippen LogP contribution in [0.2, 0.25) is 0 Å². The molecule has 1 saturated carbocycles. The number of carboxylic acids is 1. The lowest BCUT2D eigenvalue weighted by Gasteiger charge is -2.23. The summed E-state index contributed by atoms with van der Waals surface area (Å²) in [6.07, 6.45) is -0.518. The molecule has 32 heavy (non-hydrogen) atoms. The average molecular weight is 438 g/mol. The SMILES string of the molecule is C[C@@H](O)[C@H](NC(=O)C(NC(=O)OCC1c2ccccc2-c2ccccc21)C1CC1)C(=O)O. The summed E-state index contributed by atoms with van der Waals surface area (Å²) in [7, 11) is 0. The zero-order valence-electron chi connectivity index (χ0n) is 17.7. The quantitative estimate of drug-likeness (QED) is 0.501. The molecule has 8 nitrogen and oxygen atoms in total. The number of carbonyl (C=O) groups excluding carboxylic acids is 2. The maximum atomic E-state index is 12.6. The van der Waals surface area contributed by atoms with Crippen LogP contribution in [-0.4, -0.2) is 53.0 Å². The number of carboxylic acid groups (broad SMARTS) is 1. The lowest BCUT2D eigenvalue weighted by molar-refractivity contribution is -0.145. The normalized spacial score (nSPS) is 17.4.